The molecular formula is C16H14ClN3O5. The molecule has 2 aromatic carbocycles. The fraction of sp³-hybridized carbons (Fsp3) is 0.125. The average molecular weight is 364 g/mol. The van der Waals surface area contributed by atoms with Gasteiger partial charge < -0.3 is 9.84 Å². The lowest BCUT2D eigenvalue weighted by Gasteiger charge is -2.07. The van der Waals surface area contributed by atoms with Crippen molar-refractivity contribution in [3.8, 4) is 11.5 Å². The van der Waals surface area contributed by atoms with E-state index in [-0.39, 0.29) is 11.3 Å². The molecule has 1 amide bonds. The third-order valence-electron chi connectivity index (χ3n) is 3.08. The molecule has 0 spiro atoms. The van der Waals surface area contributed by atoms with E-state index < -0.39 is 16.6 Å². The van der Waals surface area contributed by atoms with Crippen molar-refractivity contribution in [3.63, 3.8) is 0 Å². The molecule has 0 aliphatic heterocycles. The molecule has 130 valence electrons. The van der Waals surface area contributed by atoms with Crippen molar-refractivity contribution in [2.45, 2.75) is 6.92 Å². The van der Waals surface area contributed by atoms with Crippen LogP contribution in [0.15, 0.2) is 41.5 Å². The van der Waals surface area contributed by atoms with E-state index in [4.69, 9.17) is 16.3 Å². The van der Waals surface area contributed by atoms with Crippen molar-refractivity contribution in [1.82, 2.24) is 5.43 Å². The number of nitrogens with one attached hydrogen (secondary N) is 1. The first-order valence-corrected chi connectivity index (χ1v) is 7.53. The standard InChI is InChI=1S/C16H14ClN3O5/c1-2-25-15-6-3-11(17)7-10(15)9-18-19-16(22)13-8-12(20(23)24)4-5-14(13)21/h3-9,21H,2H2,1H3,(H,19,22)/b18-9-. The second-order valence-corrected chi connectivity index (χ2v) is 5.21. The smallest absolute Gasteiger partial charge is 0.275 e. The van der Waals surface area contributed by atoms with Crippen molar-refractivity contribution in [1.29, 1.82) is 0 Å². The summed E-state index contributed by atoms with van der Waals surface area (Å²) in [6.45, 7) is 2.26. The first-order chi connectivity index (χ1) is 11.9. The molecule has 9 heteroatoms. The van der Waals surface area contributed by atoms with Gasteiger partial charge in [0.1, 0.15) is 11.5 Å². The summed E-state index contributed by atoms with van der Waals surface area (Å²) < 4.78 is 5.42. The average Bonchev–Trinajstić information content (AvgIpc) is 2.57. The number of non-ortho nitro benzene ring substituents is 1. The van der Waals surface area contributed by atoms with Gasteiger partial charge in [-0.2, -0.15) is 5.10 Å². The SMILES string of the molecule is CCOc1ccc(Cl)cc1/C=N\NC(=O)c1cc([N+](=O)[O-])ccc1O. The van der Waals surface area contributed by atoms with E-state index in [2.05, 4.69) is 10.5 Å². The van der Waals surface area contributed by atoms with Crippen LogP contribution in [0.2, 0.25) is 5.02 Å². The lowest BCUT2D eigenvalue weighted by atomic mass is 10.1. The highest BCUT2D eigenvalue weighted by molar-refractivity contribution is 6.30. The Bertz CT molecular complexity index is 839. The van der Waals surface area contributed by atoms with E-state index in [1.165, 1.54) is 6.21 Å². The normalized spacial score (nSPS) is 10.6. The Kier molecular flexibility index (Phi) is 5.91. The predicted molar refractivity (Wildman–Crippen MR) is 92.4 cm³/mol. The number of halogens is 1. The Morgan fingerprint density at radius 3 is 2.84 bits per heavy atom. The number of nitrogens with zero attached hydrogens (tertiary/aromatic N) is 2. The Morgan fingerprint density at radius 1 is 1.40 bits per heavy atom. The number of phenols is 1. The van der Waals surface area contributed by atoms with Crippen LogP contribution in [-0.2, 0) is 0 Å². The van der Waals surface area contributed by atoms with Gasteiger partial charge in [0.2, 0.25) is 0 Å². The van der Waals surface area contributed by atoms with Gasteiger partial charge in [0, 0.05) is 22.7 Å². The lowest BCUT2D eigenvalue weighted by molar-refractivity contribution is -0.384. The van der Waals surface area contributed by atoms with Crippen molar-refractivity contribution >= 4 is 29.4 Å². The van der Waals surface area contributed by atoms with E-state index in [0.29, 0.717) is 22.9 Å². The lowest BCUT2D eigenvalue weighted by Crippen LogP contribution is -2.18. The largest absolute Gasteiger partial charge is 0.507 e. The fourth-order valence-corrected chi connectivity index (χ4v) is 2.13. The first kappa shape index (κ1) is 18.2. The molecule has 0 saturated carbocycles. The van der Waals surface area contributed by atoms with Crippen molar-refractivity contribution in [2.75, 3.05) is 6.61 Å². The van der Waals surface area contributed by atoms with Crippen molar-refractivity contribution in [3.05, 3.63) is 62.7 Å². The quantitative estimate of drug-likeness (QED) is 0.465. The number of hydrazone groups is 1. The van der Waals surface area contributed by atoms with E-state index in [1.54, 1.807) is 18.2 Å². The second kappa shape index (κ2) is 8.11. The van der Waals surface area contributed by atoms with Crippen LogP contribution < -0.4 is 10.2 Å². The van der Waals surface area contributed by atoms with Gasteiger partial charge in [-0.05, 0) is 31.2 Å². The summed E-state index contributed by atoms with van der Waals surface area (Å²) in [4.78, 5) is 22.1. The minimum atomic E-state index is -0.794. The van der Waals surface area contributed by atoms with E-state index in [9.17, 15) is 20.0 Å². The van der Waals surface area contributed by atoms with Crippen LogP contribution in [0.5, 0.6) is 11.5 Å². The topological polar surface area (TPSA) is 114 Å². The van der Waals surface area contributed by atoms with Gasteiger partial charge in [-0.25, -0.2) is 5.43 Å². The molecule has 8 nitrogen and oxygen atoms in total. The number of nitro benzene ring substituents is 1. The van der Waals surface area contributed by atoms with Crippen LogP contribution in [0.1, 0.15) is 22.8 Å². The number of phenolic OH excluding ortho intramolecular Hbond substituents is 1. The van der Waals surface area contributed by atoms with E-state index in [0.717, 1.165) is 18.2 Å². The molecule has 2 rings (SSSR count). The zero-order valence-electron chi connectivity index (χ0n) is 13.1. The molecule has 0 unspecified atom stereocenters. The number of hydrogen-bond acceptors (Lipinski definition) is 6. The number of nitro groups is 1. The highest BCUT2D eigenvalue weighted by Crippen LogP contribution is 2.23. The molecule has 0 aromatic heterocycles. The summed E-state index contributed by atoms with van der Waals surface area (Å²) in [6.07, 6.45) is 1.32. The molecule has 0 aliphatic carbocycles. The fourth-order valence-electron chi connectivity index (χ4n) is 1.95. The van der Waals surface area contributed by atoms with Crippen LogP contribution in [0.3, 0.4) is 0 Å². The maximum Gasteiger partial charge on any atom is 0.275 e. The van der Waals surface area contributed by atoms with Gasteiger partial charge in [0.15, 0.2) is 0 Å². The third-order valence-corrected chi connectivity index (χ3v) is 3.31. The highest BCUT2D eigenvalue weighted by atomic mass is 35.5. The van der Waals surface area contributed by atoms with Crippen LogP contribution in [0.25, 0.3) is 0 Å². The zero-order chi connectivity index (χ0) is 18.4. The number of hydrogen-bond donors (Lipinski definition) is 2. The Hall–Kier alpha value is -3.13. The summed E-state index contributed by atoms with van der Waals surface area (Å²) >= 11 is 5.92. The van der Waals surface area contributed by atoms with Gasteiger partial charge in [-0.15, -0.1) is 0 Å². The highest BCUT2D eigenvalue weighted by Gasteiger charge is 2.16. The predicted octanol–water partition coefficient (Wildman–Crippen LogP) is 3.12. The molecule has 0 radical (unpaired) electrons. The molecule has 0 aliphatic rings. The van der Waals surface area contributed by atoms with Crippen molar-refractivity contribution < 1.29 is 19.6 Å². The third kappa shape index (κ3) is 4.67. The molecule has 0 fully saturated rings. The summed E-state index contributed by atoms with van der Waals surface area (Å²) in [5, 5.41) is 24.7. The first-order valence-electron chi connectivity index (χ1n) is 7.15. The van der Waals surface area contributed by atoms with Crippen LogP contribution >= 0.6 is 11.6 Å². The van der Waals surface area contributed by atoms with Gasteiger partial charge in [-0.1, -0.05) is 11.6 Å². The van der Waals surface area contributed by atoms with Crippen LogP contribution in [-0.4, -0.2) is 28.8 Å². The maximum atomic E-state index is 12.0. The molecule has 2 N–H and O–H groups in total. The molecule has 0 heterocycles. The van der Waals surface area contributed by atoms with Crippen LogP contribution in [0, 0.1) is 10.1 Å². The number of benzene rings is 2. The maximum absolute atomic E-state index is 12.0. The summed E-state index contributed by atoms with van der Waals surface area (Å²) in [7, 11) is 0. The van der Waals surface area contributed by atoms with Crippen molar-refractivity contribution in [2.24, 2.45) is 5.10 Å². The van der Waals surface area contributed by atoms with E-state index in [1.807, 2.05) is 6.92 Å². The number of carbonyl (C=O) groups excluding carboxylic acids is 1. The Balaban J connectivity index is 2.17. The van der Waals surface area contributed by atoms with Crippen LogP contribution in [0.4, 0.5) is 5.69 Å². The Morgan fingerprint density at radius 2 is 2.16 bits per heavy atom. The number of ether oxygens (including phenoxy) is 1. The summed E-state index contributed by atoms with van der Waals surface area (Å²) in [5.41, 5.74) is 2.15. The molecule has 0 atom stereocenters. The van der Waals surface area contributed by atoms with Gasteiger partial charge in [-0.3, -0.25) is 14.9 Å². The minimum Gasteiger partial charge on any atom is -0.507 e. The molecule has 2 aromatic rings. The minimum absolute atomic E-state index is 0.262. The number of amides is 1. The number of rotatable bonds is 6. The number of carbonyl (C=O) groups is 1. The van der Waals surface area contributed by atoms with Gasteiger partial charge >= 0.3 is 0 Å². The molecule has 0 bridgehead atoms. The number of aromatic hydroxyl groups is 1. The van der Waals surface area contributed by atoms with E-state index >= 15 is 0 Å². The molecule has 25 heavy (non-hydrogen) atoms. The molecular weight excluding hydrogens is 350 g/mol. The second-order valence-electron chi connectivity index (χ2n) is 4.77. The molecule has 0 saturated heterocycles. The van der Waals surface area contributed by atoms with Gasteiger partial charge in [0.05, 0.1) is 23.3 Å². The summed E-state index contributed by atoms with van der Waals surface area (Å²) in [6, 6.07) is 8.06. The van der Waals surface area contributed by atoms with Gasteiger partial charge in [0.25, 0.3) is 11.6 Å². The summed E-state index contributed by atoms with van der Waals surface area (Å²) in [5.74, 6) is -0.656. The monoisotopic (exact) mass is 363 g/mol. The zero-order valence-corrected chi connectivity index (χ0v) is 13.9. The Labute approximate surface area is 147 Å².